The lowest BCUT2D eigenvalue weighted by Crippen LogP contribution is -1.81. The Labute approximate surface area is 85.4 Å². The highest BCUT2D eigenvalue weighted by atomic mass is 19.1. The molecule has 3 rings (SSSR count). The number of nitrogens with zero attached hydrogens (tertiary/aromatic N) is 1. The van der Waals surface area contributed by atoms with Crippen LogP contribution in [0.1, 0.15) is 0 Å². The van der Waals surface area contributed by atoms with Crippen molar-refractivity contribution >= 4 is 11.4 Å². The molecular formula is C12H6F2N. The monoisotopic (exact) mass is 202 g/mol. The fourth-order valence-corrected chi connectivity index (χ4v) is 1.77. The average molecular weight is 202 g/mol. The molecule has 2 aromatic rings. The van der Waals surface area contributed by atoms with Crippen molar-refractivity contribution in [3.63, 3.8) is 0 Å². The van der Waals surface area contributed by atoms with E-state index in [-0.39, 0.29) is 11.6 Å². The van der Waals surface area contributed by atoms with Crippen LogP contribution in [0.2, 0.25) is 0 Å². The quantitative estimate of drug-likeness (QED) is 0.529. The minimum atomic E-state index is -0.332. The van der Waals surface area contributed by atoms with Gasteiger partial charge < -0.3 is 0 Å². The van der Waals surface area contributed by atoms with Crippen molar-refractivity contribution in [1.82, 2.24) is 5.32 Å². The van der Waals surface area contributed by atoms with Crippen LogP contribution in [0.3, 0.4) is 0 Å². The van der Waals surface area contributed by atoms with Gasteiger partial charge in [-0.2, -0.15) is 0 Å². The fraction of sp³-hybridized carbons (Fsp3) is 0. The Hall–Kier alpha value is -1.90. The van der Waals surface area contributed by atoms with Gasteiger partial charge in [0.15, 0.2) is 0 Å². The van der Waals surface area contributed by atoms with Crippen molar-refractivity contribution in [3.05, 3.63) is 48.0 Å². The molecule has 2 aromatic carbocycles. The number of hydrogen-bond donors (Lipinski definition) is 0. The molecule has 1 nitrogen and oxygen atoms in total. The second-order valence-electron chi connectivity index (χ2n) is 3.43. The Balaban J connectivity index is 2.28. The lowest BCUT2D eigenvalue weighted by Gasteiger charge is -1.97. The first-order chi connectivity index (χ1) is 7.24. The third kappa shape index (κ3) is 1.20. The van der Waals surface area contributed by atoms with Crippen molar-refractivity contribution < 1.29 is 8.78 Å². The summed E-state index contributed by atoms with van der Waals surface area (Å²) in [6.45, 7) is 0. The summed E-state index contributed by atoms with van der Waals surface area (Å²) >= 11 is 0. The molecule has 1 heterocycles. The van der Waals surface area contributed by atoms with Crippen LogP contribution < -0.4 is 5.32 Å². The molecule has 0 fully saturated rings. The van der Waals surface area contributed by atoms with Crippen LogP contribution in [-0.2, 0) is 0 Å². The Morgan fingerprint density at radius 2 is 1.20 bits per heavy atom. The van der Waals surface area contributed by atoms with Gasteiger partial charge in [0.05, 0.1) is 11.4 Å². The molecule has 1 aliphatic heterocycles. The molecule has 0 bridgehead atoms. The zero-order valence-electron chi connectivity index (χ0n) is 7.67. The lowest BCUT2D eigenvalue weighted by atomic mass is 10.1. The number of hydrogen-bond acceptors (Lipinski definition) is 0. The van der Waals surface area contributed by atoms with Gasteiger partial charge in [-0.3, -0.25) is 0 Å². The van der Waals surface area contributed by atoms with E-state index in [0.717, 1.165) is 0 Å². The van der Waals surface area contributed by atoms with Crippen molar-refractivity contribution in [2.45, 2.75) is 0 Å². The Morgan fingerprint density at radius 1 is 0.733 bits per heavy atom. The van der Waals surface area contributed by atoms with Crippen LogP contribution in [0.5, 0.6) is 0 Å². The van der Waals surface area contributed by atoms with Crippen molar-refractivity contribution in [1.29, 1.82) is 0 Å². The molecule has 0 spiro atoms. The SMILES string of the molecule is Fc1ccc2c(c1)-c1cc(F)ccc1[N]2. The zero-order valence-corrected chi connectivity index (χ0v) is 7.67. The highest BCUT2D eigenvalue weighted by Gasteiger charge is 2.20. The van der Waals surface area contributed by atoms with E-state index in [1.54, 1.807) is 12.1 Å². The second kappa shape index (κ2) is 2.79. The van der Waals surface area contributed by atoms with Crippen LogP contribution in [0.25, 0.3) is 11.1 Å². The lowest BCUT2D eigenvalue weighted by molar-refractivity contribution is 0.626. The summed E-state index contributed by atoms with van der Waals surface area (Å²) in [5.41, 5.74) is 2.70. The van der Waals surface area contributed by atoms with Gasteiger partial charge in [-0.1, -0.05) is 0 Å². The third-order valence-corrected chi connectivity index (χ3v) is 2.45. The first-order valence-corrected chi connectivity index (χ1v) is 4.55. The fourth-order valence-electron chi connectivity index (χ4n) is 1.77. The molecule has 1 aliphatic rings. The Bertz CT molecular complexity index is 500. The Kier molecular flexibility index (Phi) is 1.57. The summed E-state index contributed by atoms with van der Waals surface area (Å²) < 4.78 is 26.0. The van der Waals surface area contributed by atoms with Crippen LogP contribution in [0.4, 0.5) is 20.2 Å². The largest absolute Gasteiger partial charge is 0.248 e. The van der Waals surface area contributed by atoms with E-state index in [1.165, 1.54) is 24.3 Å². The molecule has 0 saturated heterocycles. The highest BCUT2D eigenvalue weighted by Crippen LogP contribution is 2.42. The van der Waals surface area contributed by atoms with E-state index in [4.69, 9.17) is 0 Å². The minimum absolute atomic E-state index is 0.332. The molecule has 0 saturated carbocycles. The summed E-state index contributed by atoms with van der Waals surface area (Å²) in [5, 5.41) is 4.26. The number of fused-ring (bicyclic) bond motifs is 3. The average Bonchev–Trinajstić information content (AvgIpc) is 2.56. The zero-order chi connectivity index (χ0) is 10.4. The van der Waals surface area contributed by atoms with Gasteiger partial charge in [-0.05, 0) is 36.4 Å². The summed E-state index contributed by atoms with van der Waals surface area (Å²) in [6, 6.07) is 8.66. The standard InChI is InChI=1S/C12H6F2N/c13-7-1-3-11-9(5-7)10-6-8(14)2-4-12(10)15-11/h1-6H. The molecular weight excluding hydrogens is 196 g/mol. The van der Waals surface area contributed by atoms with E-state index < -0.39 is 0 Å². The maximum absolute atomic E-state index is 13.0. The number of halogens is 2. The maximum atomic E-state index is 13.0. The van der Waals surface area contributed by atoms with E-state index in [1.807, 2.05) is 0 Å². The van der Waals surface area contributed by atoms with Crippen LogP contribution in [0, 0.1) is 11.6 Å². The van der Waals surface area contributed by atoms with E-state index in [9.17, 15) is 8.78 Å². The molecule has 0 aromatic heterocycles. The van der Waals surface area contributed by atoms with Crippen molar-refractivity contribution in [3.8, 4) is 11.1 Å². The van der Waals surface area contributed by atoms with E-state index in [0.29, 0.717) is 22.5 Å². The number of benzene rings is 2. The Morgan fingerprint density at radius 3 is 1.67 bits per heavy atom. The van der Waals surface area contributed by atoms with Crippen LogP contribution >= 0.6 is 0 Å². The topological polar surface area (TPSA) is 14.1 Å². The molecule has 1 radical (unpaired) electrons. The third-order valence-electron chi connectivity index (χ3n) is 2.45. The molecule has 0 N–H and O–H groups in total. The molecule has 0 atom stereocenters. The molecule has 0 amide bonds. The molecule has 3 heteroatoms. The predicted octanol–water partition coefficient (Wildman–Crippen LogP) is 3.51. The van der Waals surface area contributed by atoms with Crippen LogP contribution in [0.15, 0.2) is 36.4 Å². The van der Waals surface area contributed by atoms with Gasteiger partial charge in [-0.25, -0.2) is 14.1 Å². The smallest absolute Gasteiger partial charge is 0.123 e. The van der Waals surface area contributed by atoms with Crippen molar-refractivity contribution in [2.75, 3.05) is 0 Å². The summed E-state index contributed by atoms with van der Waals surface area (Å²) in [4.78, 5) is 0. The van der Waals surface area contributed by atoms with Gasteiger partial charge in [-0.15, -0.1) is 0 Å². The van der Waals surface area contributed by atoms with Crippen molar-refractivity contribution in [2.24, 2.45) is 0 Å². The van der Waals surface area contributed by atoms with E-state index in [2.05, 4.69) is 5.32 Å². The normalized spacial score (nSPS) is 11.9. The molecule has 0 aliphatic carbocycles. The summed E-state index contributed by atoms with van der Waals surface area (Å²) in [6.07, 6.45) is 0. The van der Waals surface area contributed by atoms with Gasteiger partial charge in [0.2, 0.25) is 0 Å². The first-order valence-electron chi connectivity index (χ1n) is 4.55. The van der Waals surface area contributed by atoms with Gasteiger partial charge >= 0.3 is 0 Å². The number of rotatable bonds is 0. The summed E-state index contributed by atoms with van der Waals surface area (Å²) in [7, 11) is 0. The van der Waals surface area contributed by atoms with Crippen LogP contribution in [-0.4, -0.2) is 0 Å². The van der Waals surface area contributed by atoms with Gasteiger partial charge in [0.1, 0.15) is 11.6 Å². The minimum Gasteiger partial charge on any atom is -0.248 e. The molecule has 0 unspecified atom stereocenters. The highest BCUT2D eigenvalue weighted by molar-refractivity contribution is 5.90. The maximum Gasteiger partial charge on any atom is 0.123 e. The molecule has 15 heavy (non-hydrogen) atoms. The van der Waals surface area contributed by atoms with Gasteiger partial charge in [0.25, 0.3) is 0 Å². The second-order valence-corrected chi connectivity index (χ2v) is 3.43. The predicted molar refractivity (Wildman–Crippen MR) is 53.2 cm³/mol. The first kappa shape index (κ1) is 8.41. The molecule has 73 valence electrons. The van der Waals surface area contributed by atoms with E-state index >= 15 is 0 Å². The summed E-state index contributed by atoms with van der Waals surface area (Å²) in [5.74, 6) is -0.665. The van der Waals surface area contributed by atoms with Gasteiger partial charge in [0, 0.05) is 11.1 Å².